The molecule has 1 aromatic carbocycles. The van der Waals surface area contributed by atoms with Gasteiger partial charge in [0, 0.05) is 28.3 Å². The van der Waals surface area contributed by atoms with Gasteiger partial charge in [-0.2, -0.15) is 0 Å². The van der Waals surface area contributed by atoms with Gasteiger partial charge in [-0.15, -0.1) is 0 Å². The Bertz CT molecular complexity index is 584. The van der Waals surface area contributed by atoms with E-state index < -0.39 is 0 Å². The van der Waals surface area contributed by atoms with E-state index in [1.807, 2.05) is 26.1 Å². The van der Waals surface area contributed by atoms with Gasteiger partial charge in [0.15, 0.2) is 0 Å². The van der Waals surface area contributed by atoms with E-state index >= 15 is 0 Å². The van der Waals surface area contributed by atoms with Crippen LogP contribution in [0, 0.1) is 10.5 Å². The van der Waals surface area contributed by atoms with Gasteiger partial charge in [-0.25, -0.2) is 9.97 Å². The zero-order chi connectivity index (χ0) is 13.8. The van der Waals surface area contributed by atoms with Crippen LogP contribution >= 0.6 is 22.6 Å². The quantitative estimate of drug-likeness (QED) is 0.808. The highest BCUT2D eigenvalue weighted by molar-refractivity contribution is 14.1. The SMILES string of the molecule is CCc1nc(NC)c(C)c(Nc2cccc(I)c2)n1. The Hall–Kier alpha value is -1.37. The van der Waals surface area contributed by atoms with Crippen molar-refractivity contribution in [1.29, 1.82) is 0 Å². The summed E-state index contributed by atoms with van der Waals surface area (Å²) in [5.41, 5.74) is 2.07. The lowest BCUT2D eigenvalue weighted by molar-refractivity contribution is 0.935. The highest BCUT2D eigenvalue weighted by Crippen LogP contribution is 2.24. The summed E-state index contributed by atoms with van der Waals surface area (Å²) in [7, 11) is 1.88. The predicted molar refractivity (Wildman–Crippen MR) is 88.1 cm³/mol. The Labute approximate surface area is 127 Å². The van der Waals surface area contributed by atoms with E-state index in [1.54, 1.807) is 0 Å². The van der Waals surface area contributed by atoms with Gasteiger partial charge >= 0.3 is 0 Å². The third kappa shape index (κ3) is 3.34. The standard InChI is InChI=1S/C14H17IN4/c1-4-12-18-13(16-3)9(2)14(19-12)17-11-7-5-6-10(15)8-11/h5-8H,4H2,1-3H3,(H2,16,17,18,19). The molecule has 0 unspecified atom stereocenters. The molecule has 2 N–H and O–H groups in total. The van der Waals surface area contributed by atoms with Gasteiger partial charge < -0.3 is 10.6 Å². The Morgan fingerprint density at radius 2 is 1.95 bits per heavy atom. The molecule has 0 amide bonds. The summed E-state index contributed by atoms with van der Waals surface area (Å²) in [6.07, 6.45) is 0.815. The van der Waals surface area contributed by atoms with Crippen LogP contribution in [0.4, 0.5) is 17.3 Å². The zero-order valence-electron chi connectivity index (χ0n) is 11.3. The third-order valence-electron chi connectivity index (χ3n) is 2.83. The second-order valence-electron chi connectivity index (χ2n) is 4.20. The fourth-order valence-corrected chi connectivity index (χ4v) is 2.33. The summed E-state index contributed by atoms with van der Waals surface area (Å²) < 4.78 is 1.19. The summed E-state index contributed by atoms with van der Waals surface area (Å²) in [6, 6.07) is 8.22. The molecule has 1 heterocycles. The molecule has 0 spiro atoms. The summed E-state index contributed by atoms with van der Waals surface area (Å²) >= 11 is 2.30. The van der Waals surface area contributed by atoms with Crippen LogP contribution in [0.15, 0.2) is 24.3 Å². The molecule has 5 heteroatoms. The molecule has 0 aliphatic carbocycles. The number of hydrogen-bond acceptors (Lipinski definition) is 4. The van der Waals surface area contributed by atoms with Gasteiger partial charge in [-0.3, -0.25) is 0 Å². The molecular weight excluding hydrogens is 351 g/mol. The first kappa shape index (κ1) is 14.0. The van der Waals surface area contributed by atoms with Gasteiger partial charge in [0.1, 0.15) is 17.5 Å². The number of hydrogen-bond donors (Lipinski definition) is 2. The van der Waals surface area contributed by atoms with Crippen LogP contribution in [-0.4, -0.2) is 17.0 Å². The van der Waals surface area contributed by atoms with Crippen LogP contribution in [0.1, 0.15) is 18.3 Å². The molecule has 0 aliphatic rings. The average molecular weight is 368 g/mol. The van der Waals surface area contributed by atoms with Crippen LogP contribution in [0.5, 0.6) is 0 Å². The molecule has 1 aromatic heterocycles. The second-order valence-corrected chi connectivity index (χ2v) is 5.45. The van der Waals surface area contributed by atoms with Gasteiger partial charge in [0.05, 0.1) is 0 Å². The van der Waals surface area contributed by atoms with E-state index in [0.29, 0.717) is 0 Å². The molecule has 0 bridgehead atoms. The number of benzene rings is 1. The number of nitrogens with one attached hydrogen (secondary N) is 2. The monoisotopic (exact) mass is 368 g/mol. The molecule has 0 fully saturated rings. The maximum absolute atomic E-state index is 4.56. The van der Waals surface area contributed by atoms with E-state index in [1.165, 1.54) is 3.57 Å². The minimum Gasteiger partial charge on any atom is -0.373 e. The molecular formula is C14H17IN4. The molecule has 0 radical (unpaired) electrons. The van der Waals surface area contributed by atoms with Crippen molar-refractivity contribution in [3.63, 3.8) is 0 Å². The number of aryl methyl sites for hydroxylation is 1. The molecule has 0 aliphatic heterocycles. The summed E-state index contributed by atoms with van der Waals surface area (Å²) in [4.78, 5) is 9.03. The number of rotatable bonds is 4. The first-order valence-corrected chi connectivity index (χ1v) is 7.29. The first-order chi connectivity index (χ1) is 9.13. The second kappa shape index (κ2) is 6.18. The van der Waals surface area contributed by atoms with Gasteiger partial charge in [-0.1, -0.05) is 13.0 Å². The highest BCUT2D eigenvalue weighted by atomic mass is 127. The van der Waals surface area contributed by atoms with Crippen LogP contribution < -0.4 is 10.6 Å². The Morgan fingerprint density at radius 3 is 2.58 bits per heavy atom. The highest BCUT2D eigenvalue weighted by Gasteiger charge is 2.09. The third-order valence-corrected chi connectivity index (χ3v) is 3.50. The lowest BCUT2D eigenvalue weighted by Crippen LogP contribution is -2.06. The number of halogens is 1. The van der Waals surface area contributed by atoms with E-state index in [4.69, 9.17) is 0 Å². The fraction of sp³-hybridized carbons (Fsp3) is 0.286. The van der Waals surface area contributed by atoms with E-state index in [2.05, 4.69) is 62.2 Å². The van der Waals surface area contributed by atoms with E-state index in [9.17, 15) is 0 Å². The molecule has 2 aromatic rings. The van der Waals surface area contributed by atoms with Crippen molar-refractivity contribution in [2.24, 2.45) is 0 Å². The van der Waals surface area contributed by atoms with Crippen LogP contribution in [0.3, 0.4) is 0 Å². The maximum Gasteiger partial charge on any atom is 0.139 e. The van der Waals surface area contributed by atoms with Crippen molar-refractivity contribution < 1.29 is 0 Å². The smallest absolute Gasteiger partial charge is 0.139 e. The largest absolute Gasteiger partial charge is 0.373 e. The van der Waals surface area contributed by atoms with Crippen molar-refractivity contribution in [3.05, 3.63) is 39.2 Å². The van der Waals surface area contributed by atoms with Gasteiger partial charge in [-0.05, 0) is 47.7 Å². The fourth-order valence-electron chi connectivity index (χ4n) is 1.79. The summed E-state index contributed by atoms with van der Waals surface area (Å²) in [6.45, 7) is 4.07. The van der Waals surface area contributed by atoms with Gasteiger partial charge in [0.25, 0.3) is 0 Å². The van der Waals surface area contributed by atoms with Crippen LogP contribution in [0.25, 0.3) is 0 Å². The molecule has 0 saturated heterocycles. The number of anilines is 3. The zero-order valence-corrected chi connectivity index (χ0v) is 13.4. The molecule has 2 rings (SSSR count). The van der Waals surface area contributed by atoms with Crippen molar-refractivity contribution in [2.45, 2.75) is 20.3 Å². The maximum atomic E-state index is 4.56. The normalized spacial score (nSPS) is 10.3. The van der Waals surface area contributed by atoms with Crippen molar-refractivity contribution in [2.75, 3.05) is 17.7 Å². The number of aromatic nitrogens is 2. The minimum absolute atomic E-state index is 0.815. The van der Waals surface area contributed by atoms with E-state index in [0.717, 1.165) is 35.1 Å². The van der Waals surface area contributed by atoms with Gasteiger partial charge in [0.2, 0.25) is 0 Å². The molecule has 4 nitrogen and oxygen atoms in total. The molecule has 100 valence electrons. The van der Waals surface area contributed by atoms with Crippen molar-refractivity contribution >= 4 is 39.9 Å². The Morgan fingerprint density at radius 1 is 1.21 bits per heavy atom. The lowest BCUT2D eigenvalue weighted by atomic mass is 10.2. The Balaban J connectivity index is 2.38. The summed E-state index contributed by atoms with van der Waals surface area (Å²) in [5.74, 6) is 2.57. The number of nitrogens with zero attached hydrogens (tertiary/aromatic N) is 2. The predicted octanol–water partition coefficient (Wildman–Crippen LogP) is 3.74. The Kier molecular flexibility index (Phi) is 4.57. The molecule has 0 saturated carbocycles. The topological polar surface area (TPSA) is 49.8 Å². The van der Waals surface area contributed by atoms with Crippen LogP contribution in [-0.2, 0) is 6.42 Å². The summed E-state index contributed by atoms with van der Waals surface area (Å²) in [5, 5.41) is 6.48. The van der Waals surface area contributed by atoms with E-state index in [-0.39, 0.29) is 0 Å². The average Bonchev–Trinajstić information content (AvgIpc) is 2.41. The van der Waals surface area contributed by atoms with Crippen molar-refractivity contribution in [1.82, 2.24) is 9.97 Å². The lowest BCUT2D eigenvalue weighted by Gasteiger charge is -2.13. The molecule has 19 heavy (non-hydrogen) atoms. The van der Waals surface area contributed by atoms with Crippen LogP contribution in [0.2, 0.25) is 0 Å². The molecule has 0 atom stereocenters. The first-order valence-electron chi connectivity index (χ1n) is 6.22. The minimum atomic E-state index is 0.815. The van der Waals surface area contributed by atoms with Crippen molar-refractivity contribution in [3.8, 4) is 0 Å².